The summed E-state index contributed by atoms with van der Waals surface area (Å²) < 4.78 is 14.9. The Balaban J connectivity index is 1.66. The van der Waals surface area contributed by atoms with Gasteiger partial charge in [-0.05, 0) is 93.3 Å². The molecule has 0 atom stereocenters. The first-order valence-electron chi connectivity index (χ1n) is 12.7. The van der Waals surface area contributed by atoms with Gasteiger partial charge in [0.15, 0.2) is 0 Å². The Morgan fingerprint density at radius 2 is 0.974 bits per heavy atom. The molecular weight excluding hydrogens is 485 g/mol. The van der Waals surface area contributed by atoms with Gasteiger partial charge in [0.25, 0.3) is 0 Å². The molecule has 0 amide bonds. The number of hydrogen-bond donors (Lipinski definition) is 0. The van der Waals surface area contributed by atoms with Crippen LogP contribution in [0.5, 0.6) is 11.5 Å². The standard InChI is InChI=1S/C34H26NO2P/c1-35(2)38-36-27-13-7-11-25(21-27)31-19-17-23-9-3-5-15-29(23)33(31)34-30-16-6-4-10-24(30)18-20-32(34)26-12-8-14-28(22-26)37-38/h3-22H,1-2H3. The van der Waals surface area contributed by atoms with E-state index in [0.29, 0.717) is 0 Å². The van der Waals surface area contributed by atoms with E-state index in [1.54, 1.807) is 0 Å². The highest BCUT2D eigenvalue weighted by Gasteiger charge is 2.23. The minimum absolute atomic E-state index is 0.787. The number of benzene rings is 6. The molecule has 1 aliphatic rings. The van der Waals surface area contributed by atoms with Crippen molar-refractivity contribution < 1.29 is 9.05 Å². The van der Waals surface area contributed by atoms with Gasteiger partial charge < -0.3 is 9.05 Å². The molecule has 0 spiro atoms. The van der Waals surface area contributed by atoms with Gasteiger partial charge >= 0.3 is 8.53 Å². The molecule has 184 valence electrons. The third-order valence-corrected chi connectivity index (χ3v) is 8.48. The molecule has 3 nitrogen and oxygen atoms in total. The Morgan fingerprint density at radius 3 is 1.45 bits per heavy atom. The summed E-state index contributed by atoms with van der Waals surface area (Å²) in [7, 11) is 2.63. The molecule has 0 fully saturated rings. The molecule has 0 unspecified atom stereocenters. The quantitative estimate of drug-likeness (QED) is 0.205. The lowest BCUT2D eigenvalue weighted by atomic mass is 9.83. The predicted octanol–water partition coefficient (Wildman–Crippen LogP) is 9.55. The summed E-state index contributed by atoms with van der Waals surface area (Å²) >= 11 is 0. The molecule has 0 N–H and O–H groups in total. The zero-order valence-electron chi connectivity index (χ0n) is 21.3. The minimum atomic E-state index is -1.34. The van der Waals surface area contributed by atoms with E-state index in [1.807, 2.05) is 30.9 Å². The Bertz CT molecular complexity index is 1700. The summed E-state index contributed by atoms with van der Waals surface area (Å²) in [6, 6.07) is 43.1. The van der Waals surface area contributed by atoms with Crippen LogP contribution in [0.2, 0.25) is 0 Å². The summed E-state index contributed by atoms with van der Waals surface area (Å²) in [5, 5.41) is 4.89. The molecule has 0 saturated heterocycles. The Labute approximate surface area is 223 Å². The van der Waals surface area contributed by atoms with Crippen molar-refractivity contribution in [2.45, 2.75) is 0 Å². The van der Waals surface area contributed by atoms with Gasteiger partial charge in [-0.15, -0.1) is 0 Å². The fourth-order valence-corrected chi connectivity index (χ4v) is 6.32. The molecule has 1 heterocycles. The lowest BCUT2D eigenvalue weighted by Crippen LogP contribution is -2.12. The van der Waals surface area contributed by atoms with Gasteiger partial charge in [0.2, 0.25) is 0 Å². The van der Waals surface area contributed by atoms with Gasteiger partial charge in [0.1, 0.15) is 11.5 Å². The molecule has 7 rings (SSSR count). The number of rotatable bonds is 1. The van der Waals surface area contributed by atoms with Crippen molar-refractivity contribution in [3.05, 3.63) is 121 Å². The fourth-order valence-electron chi connectivity index (χ4n) is 5.37. The van der Waals surface area contributed by atoms with Crippen LogP contribution in [-0.4, -0.2) is 18.8 Å². The van der Waals surface area contributed by atoms with Crippen LogP contribution in [0.4, 0.5) is 0 Å². The van der Waals surface area contributed by atoms with Crippen molar-refractivity contribution in [2.24, 2.45) is 0 Å². The lowest BCUT2D eigenvalue weighted by Gasteiger charge is -2.23. The molecule has 6 aromatic carbocycles. The van der Waals surface area contributed by atoms with Gasteiger partial charge in [0, 0.05) is 0 Å². The molecule has 0 aromatic heterocycles. The first kappa shape index (κ1) is 23.0. The average Bonchev–Trinajstić information content (AvgIpc) is 2.96. The van der Waals surface area contributed by atoms with Crippen LogP contribution in [0.15, 0.2) is 121 Å². The third-order valence-electron chi connectivity index (χ3n) is 7.09. The fraction of sp³-hybridized carbons (Fsp3) is 0.0588. The smallest absolute Gasteiger partial charge is 0.383 e. The molecule has 4 bridgehead atoms. The van der Waals surface area contributed by atoms with Crippen LogP contribution in [0, 0.1) is 0 Å². The molecule has 6 aromatic rings. The van der Waals surface area contributed by atoms with E-state index in [4.69, 9.17) is 9.05 Å². The third kappa shape index (κ3) is 3.92. The molecule has 4 heteroatoms. The summed E-state index contributed by atoms with van der Waals surface area (Å²) in [4.78, 5) is 0. The second kappa shape index (κ2) is 9.29. The highest BCUT2D eigenvalue weighted by molar-refractivity contribution is 7.45. The van der Waals surface area contributed by atoms with Crippen molar-refractivity contribution in [1.82, 2.24) is 4.67 Å². The molecule has 0 aliphatic carbocycles. The normalized spacial score (nSPS) is 13.0. The maximum absolute atomic E-state index is 6.45. The van der Waals surface area contributed by atoms with Crippen LogP contribution < -0.4 is 9.05 Å². The van der Waals surface area contributed by atoms with E-state index < -0.39 is 8.53 Å². The highest BCUT2D eigenvalue weighted by atomic mass is 31.2. The van der Waals surface area contributed by atoms with Crippen molar-refractivity contribution in [3.8, 4) is 44.9 Å². The zero-order valence-corrected chi connectivity index (χ0v) is 22.2. The summed E-state index contributed by atoms with van der Waals surface area (Å²) in [5.74, 6) is 1.57. The molecule has 1 aliphatic heterocycles. The maximum Gasteiger partial charge on any atom is 0.383 e. The van der Waals surface area contributed by atoms with Gasteiger partial charge in [-0.1, -0.05) is 97.1 Å². The van der Waals surface area contributed by atoms with Gasteiger partial charge in [0.05, 0.1) is 0 Å². The summed E-state index contributed by atoms with van der Waals surface area (Å²) in [5.41, 5.74) is 7.04. The second-order valence-electron chi connectivity index (χ2n) is 9.74. The maximum atomic E-state index is 6.45. The zero-order chi connectivity index (χ0) is 25.6. The van der Waals surface area contributed by atoms with E-state index in [1.165, 1.54) is 43.8 Å². The monoisotopic (exact) mass is 511 g/mol. The molecule has 0 saturated carbocycles. The largest absolute Gasteiger partial charge is 0.427 e. The van der Waals surface area contributed by atoms with Crippen molar-refractivity contribution >= 4 is 30.1 Å². The number of hydrogen-bond acceptors (Lipinski definition) is 3. The van der Waals surface area contributed by atoms with Crippen molar-refractivity contribution in [1.29, 1.82) is 0 Å². The van der Waals surface area contributed by atoms with E-state index in [9.17, 15) is 0 Å². The van der Waals surface area contributed by atoms with E-state index in [-0.39, 0.29) is 0 Å². The molecule has 38 heavy (non-hydrogen) atoms. The molecular formula is C34H26NO2P. The van der Waals surface area contributed by atoms with Crippen LogP contribution >= 0.6 is 8.53 Å². The van der Waals surface area contributed by atoms with Crippen LogP contribution in [0.25, 0.3) is 54.9 Å². The van der Waals surface area contributed by atoms with Crippen LogP contribution in [0.1, 0.15) is 0 Å². The second-order valence-corrected chi connectivity index (χ2v) is 11.4. The SMILES string of the molecule is CN(C)P1Oc2cccc(c2)-c2ccc3ccccc3c2-c2c(ccc3ccccc23)-c2cccc(c2)O1. The highest BCUT2D eigenvalue weighted by Crippen LogP contribution is 2.49. The summed E-state index contributed by atoms with van der Waals surface area (Å²) in [6.45, 7) is 0. The van der Waals surface area contributed by atoms with Crippen molar-refractivity contribution in [3.63, 3.8) is 0 Å². The van der Waals surface area contributed by atoms with Gasteiger partial charge in [-0.3, -0.25) is 0 Å². The first-order chi connectivity index (χ1) is 18.7. The lowest BCUT2D eigenvalue weighted by molar-refractivity contribution is 0.419. The topological polar surface area (TPSA) is 21.7 Å². The van der Waals surface area contributed by atoms with Crippen molar-refractivity contribution in [2.75, 3.05) is 14.1 Å². The Morgan fingerprint density at radius 1 is 0.500 bits per heavy atom. The van der Waals surface area contributed by atoms with E-state index in [0.717, 1.165) is 22.6 Å². The first-order valence-corrected chi connectivity index (χ1v) is 13.9. The van der Waals surface area contributed by atoms with E-state index >= 15 is 0 Å². The Kier molecular flexibility index (Phi) is 5.62. The van der Waals surface area contributed by atoms with Gasteiger partial charge in [-0.25, -0.2) is 4.67 Å². The van der Waals surface area contributed by atoms with E-state index in [2.05, 4.69) is 109 Å². The minimum Gasteiger partial charge on any atom is -0.427 e. The number of nitrogens with zero attached hydrogens (tertiary/aromatic N) is 1. The number of fused-ring (bicyclic) bond motifs is 13. The Hall–Kier alpha value is -4.17. The summed E-state index contributed by atoms with van der Waals surface area (Å²) in [6.07, 6.45) is 0. The average molecular weight is 512 g/mol. The van der Waals surface area contributed by atoms with Crippen LogP contribution in [-0.2, 0) is 0 Å². The van der Waals surface area contributed by atoms with Gasteiger partial charge in [-0.2, -0.15) is 0 Å². The van der Waals surface area contributed by atoms with Crippen LogP contribution in [0.3, 0.4) is 0 Å². The molecule has 0 radical (unpaired) electrons. The predicted molar refractivity (Wildman–Crippen MR) is 160 cm³/mol.